The Morgan fingerprint density at radius 1 is 0.906 bits per heavy atom. The fourth-order valence-corrected chi connectivity index (χ4v) is 4.15. The van der Waals surface area contributed by atoms with Crippen LogP contribution in [0.3, 0.4) is 0 Å². The maximum Gasteiger partial charge on any atom is 0.258 e. The average molecular weight is 437 g/mol. The first-order chi connectivity index (χ1) is 15.5. The number of nitrogens with zero attached hydrogens (tertiary/aromatic N) is 2. The zero-order valence-electron chi connectivity index (χ0n) is 18.0. The number of benzene rings is 3. The molecule has 0 unspecified atom stereocenters. The number of carbonyl (C=O) groups is 1. The third kappa shape index (κ3) is 5.14. The number of rotatable bonds is 6. The minimum Gasteiger partial charge on any atom is -0.497 e. The highest BCUT2D eigenvalue weighted by Gasteiger charge is 2.30. The molecule has 32 heavy (non-hydrogen) atoms. The first kappa shape index (κ1) is 22.0. The zero-order valence-corrected chi connectivity index (χ0v) is 18.0. The maximum atomic E-state index is 13.5. The monoisotopic (exact) mass is 436 g/mol. The number of likely N-dealkylation sites (tertiary alicyclic amines) is 1. The van der Waals surface area contributed by atoms with Crippen molar-refractivity contribution in [1.29, 1.82) is 0 Å². The molecule has 4 rings (SSSR count). The van der Waals surface area contributed by atoms with Gasteiger partial charge in [0.2, 0.25) is 0 Å². The van der Waals surface area contributed by atoms with E-state index in [2.05, 4.69) is 17.0 Å². The van der Waals surface area contributed by atoms with Crippen molar-refractivity contribution in [2.75, 3.05) is 25.1 Å². The Kier molecular flexibility index (Phi) is 6.81. The van der Waals surface area contributed by atoms with Gasteiger partial charge in [0.1, 0.15) is 17.4 Å². The van der Waals surface area contributed by atoms with Crippen molar-refractivity contribution in [2.24, 2.45) is 0 Å². The lowest BCUT2D eigenvalue weighted by Gasteiger charge is -2.38. The van der Waals surface area contributed by atoms with Crippen LogP contribution in [0.2, 0.25) is 0 Å². The predicted molar refractivity (Wildman–Crippen MR) is 121 cm³/mol. The number of methoxy groups -OCH3 is 1. The van der Waals surface area contributed by atoms with E-state index in [1.54, 1.807) is 24.1 Å². The molecular formula is C26H26F2N2O2. The van der Waals surface area contributed by atoms with Gasteiger partial charge in [0, 0.05) is 36.9 Å². The van der Waals surface area contributed by atoms with Crippen molar-refractivity contribution in [3.05, 3.63) is 95.6 Å². The van der Waals surface area contributed by atoms with Crippen LogP contribution in [0.25, 0.3) is 0 Å². The summed E-state index contributed by atoms with van der Waals surface area (Å²) in [6.07, 6.45) is 1.58. The van der Waals surface area contributed by atoms with Crippen molar-refractivity contribution < 1.29 is 18.3 Å². The summed E-state index contributed by atoms with van der Waals surface area (Å²) in [7, 11) is 1.65. The number of hydrogen-bond acceptors (Lipinski definition) is 3. The van der Waals surface area contributed by atoms with Gasteiger partial charge in [0.05, 0.1) is 7.11 Å². The summed E-state index contributed by atoms with van der Waals surface area (Å²) in [4.78, 5) is 17.5. The van der Waals surface area contributed by atoms with Gasteiger partial charge in [-0.3, -0.25) is 9.69 Å². The summed E-state index contributed by atoms with van der Waals surface area (Å²) >= 11 is 0. The molecule has 1 heterocycles. The van der Waals surface area contributed by atoms with E-state index >= 15 is 0 Å². The van der Waals surface area contributed by atoms with E-state index in [1.165, 1.54) is 42.0 Å². The minimum atomic E-state index is -0.387. The Morgan fingerprint density at radius 3 is 2.03 bits per heavy atom. The molecule has 0 radical (unpaired) electrons. The summed E-state index contributed by atoms with van der Waals surface area (Å²) < 4.78 is 32.1. The number of piperidine rings is 1. The second-order valence-corrected chi connectivity index (χ2v) is 8.01. The lowest BCUT2D eigenvalue weighted by atomic mass is 10.00. The first-order valence-electron chi connectivity index (χ1n) is 10.7. The normalized spacial score (nSPS) is 14.8. The summed E-state index contributed by atoms with van der Waals surface area (Å²) in [5, 5.41) is 0. The number of carbonyl (C=O) groups excluding carboxylic acids is 1. The molecule has 4 nitrogen and oxygen atoms in total. The average Bonchev–Trinajstić information content (AvgIpc) is 2.82. The Morgan fingerprint density at radius 2 is 1.47 bits per heavy atom. The highest BCUT2D eigenvalue weighted by atomic mass is 19.1. The van der Waals surface area contributed by atoms with Crippen molar-refractivity contribution >= 4 is 11.6 Å². The van der Waals surface area contributed by atoms with E-state index in [9.17, 15) is 13.6 Å². The summed E-state index contributed by atoms with van der Waals surface area (Å²) in [6.45, 7) is 2.51. The molecular weight excluding hydrogens is 410 g/mol. The maximum absolute atomic E-state index is 13.5. The van der Waals surface area contributed by atoms with Crippen LogP contribution in [-0.2, 0) is 6.54 Å². The number of hydrogen-bond donors (Lipinski definition) is 0. The molecule has 6 heteroatoms. The van der Waals surface area contributed by atoms with Gasteiger partial charge >= 0.3 is 0 Å². The van der Waals surface area contributed by atoms with Crippen molar-refractivity contribution in [3.8, 4) is 5.75 Å². The highest BCUT2D eigenvalue weighted by molar-refractivity contribution is 6.06. The van der Waals surface area contributed by atoms with E-state index in [0.717, 1.165) is 38.2 Å². The van der Waals surface area contributed by atoms with Crippen LogP contribution in [0.4, 0.5) is 14.5 Å². The third-order valence-electron chi connectivity index (χ3n) is 5.90. The number of ether oxygens (including phenoxy) is 1. The van der Waals surface area contributed by atoms with Gasteiger partial charge in [-0.2, -0.15) is 0 Å². The fraction of sp³-hybridized carbons (Fsp3) is 0.269. The summed E-state index contributed by atoms with van der Waals surface area (Å²) in [5.74, 6) is -0.106. The van der Waals surface area contributed by atoms with Crippen LogP contribution < -0.4 is 9.64 Å². The quantitative estimate of drug-likeness (QED) is 0.527. The lowest BCUT2D eigenvalue weighted by molar-refractivity contribution is 0.0958. The van der Waals surface area contributed by atoms with Gasteiger partial charge in [-0.05, 0) is 79.1 Å². The Labute approximate surface area is 187 Å². The molecule has 1 fully saturated rings. The Bertz CT molecular complexity index is 1030. The van der Waals surface area contributed by atoms with Gasteiger partial charge in [-0.1, -0.05) is 12.1 Å². The van der Waals surface area contributed by atoms with E-state index in [1.807, 2.05) is 12.1 Å². The van der Waals surface area contributed by atoms with Crippen LogP contribution in [0.1, 0.15) is 28.8 Å². The molecule has 0 spiro atoms. The minimum absolute atomic E-state index is 0.0230. The number of anilines is 1. The van der Waals surface area contributed by atoms with E-state index in [-0.39, 0.29) is 23.6 Å². The largest absolute Gasteiger partial charge is 0.497 e. The van der Waals surface area contributed by atoms with Gasteiger partial charge in [-0.25, -0.2) is 8.78 Å². The molecule has 1 saturated heterocycles. The SMILES string of the molecule is COc1ccc(CN2CCC(N(C(=O)c3ccc(F)cc3)c3ccc(F)cc3)CC2)cc1. The second kappa shape index (κ2) is 9.92. The van der Waals surface area contributed by atoms with E-state index in [0.29, 0.717) is 11.3 Å². The van der Waals surface area contributed by atoms with Crippen LogP contribution in [-0.4, -0.2) is 37.0 Å². The topological polar surface area (TPSA) is 32.8 Å². The van der Waals surface area contributed by atoms with E-state index < -0.39 is 0 Å². The molecule has 0 N–H and O–H groups in total. The lowest BCUT2D eigenvalue weighted by Crippen LogP contribution is -2.47. The van der Waals surface area contributed by atoms with Crippen LogP contribution in [0.5, 0.6) is 5.75 Å². The predicted octanol–water partition coefficient (Wildman–Crippen LogP) is 5.28. The Hall–Kier alpha value is -3.25. The molecule has 0 atom stereocenters. The van der Waals surface area contributed by atoms with Gasteiger partial charge in [0.15, 0.2) is 0 Å². The number of halogens is 2. The smallest absolute Gasteiger partial charge is 0.258 e. The van der Waals surface area contributed by atoms with Crippen molar-refractivity contribution in [2.45, 2.75) is 25.4 Å². The fourth-order valence-electron chi connectivity index (χ4n) is 4.15. The molecule has 0 saturated carbocycles. The molecule has 1 amide bonds. The molecule has 3 aromatic carbocycles. The molecule has 3 aromatic rings. The van der Waals surface area contributed by atoms with Crippen LogP contribution >= 0.6 is 0 Å². The molecule has 1 aliphatic rings. The second-order valence-electron chi connectivity index (χ2n) is 8.01. The van der Waals surface area contributed by atoms with Crippen LogP contribution in [0, 0.1) is 11.6 Å². The Balaban J connectivity index is 1.48. The van der Waals surface area contributed by atoms with Gasteiger partial charge in [-0.15, -0.1) is 0 Å². The van der Waals surface area contributed by atoms with Crippen molar-refractivity contribution in [3.63, 3.8) is 0 Å². The van der Waals surface area contributed by atoms with Gasteiger partial charge < -0.3 is 9.64 Å². The molecule has 166 valence electrons. The standard InChI is InChI=1S/C26H26F2N2O2/c1-32-25-12-2-19(3-13-25)18-29-16-14-24(15-17-29)30(23-10-8-22(28)9-11-23)26(31)20-4-6-21(27)7-5-20/h2-13,24H,14-18H2,1H3. The zero-order chi connectivity index (χ0) is 22.5. The summed E-state index contributed by atoms with van der Waals surface area (Å²) in [5.41, 5.74) is 2.27. The molecule has 1 aliphatic heterocycles. The molecule has 0 aromatic heterocycles. The highest BCUT2D eigenvalue weighted by Crippen LogP contribution is 2.27. The van der Waals surface area contributed by atoms with Gasteiger partial charge in [0.25, 0.3) is 5.91 Å². The number of amides is 1. The van der Waals surface area contributed by atoms with Crippen molar-refractivity contribution in [1.82, 2.24) is 4.90 Å². The van der Waals surface area contributed by atoms with Crippen LogP contribution in [0.15, 0.2) is 72.8 Å². The third-order valence-corrected chi connectivity index (χ3v) is 5.90. The molecule has 0 aliphatic carbocycles. The van der Waals surface area contributed by atoms with E-state index in [4.69, 9.17) is 4.74 Å². The molecule has 0 bridgehead atoms. The first-order valence-corrected chi connectivity index (χ1v) is 10.7. The summed E-state index contributed by atoms with van der Waals surface area (Å²) in [6, 6.07) is 19.5.